The summed E-state index contributed by atoms with van der Waals surface area (Å²) in [5.74, 6) is 0. The van der Waals surface area contributed by atoms with Crippen LogP contribution in [0.2, 0.25) is 0 Å². The zero-order valence-electron chi connectivity index (χ0n) is 25.7. The lowest BCUT2D eigenvalue weighted by atomic mass is 9.83. The van der Waals surface area contributed by atoms with Crippen molar-refractivity contribution in [1.29, 1.82) is 0 Å². The van der Waals surface area contributed by atoms with Crippen LogP contribution in [0.15, 0.2) is 133 Å². The van der Waals surface area contributed by atoms with Crippen molar-refractivity contribution in [3.63, 3.8) is 0 Å². The maximum absolute atomic E-state index is 3.67. The van der Waals surface area contributed by atoms with Gasteiger partial charge in [0.15, 0.2) is 0 Å². The number of anilines is 4. The van der Waals surface area contributed by atoms with E-state index in [2.05, 4.69) is 172 Å². The molecule has 0 saturated carbocycles. The minimum absolute atomic E-state index is 1.07. The molecule has 7 rings (SSSR count). The van der Waals surface area contributed by atoms with E-state index in [1.54, 1.807) is 0 Å². The lowest BCUT2D eigenvalue weighted by molar-refractivity contribution is 1.45. The Bertz CT molecular complexity index is 1980. The number of fused-ring (bicyclic) bond motifs is 2. The molecule has 44 heavy (non-hydrogen) atoms. The van der Waals surface area contributed by atoms with Gasteiger partial charge in [-0.3, -0.25) is 0 Å². The Morgan fingerprint density at radius 2 is 0.705 bits per heavy atom. The van der Waals surface area contributed by atoms with Crippen molar-refractivity contribution in [3.05, 3.63) is 156 Å². The monoisotopic (exact) mass is 568 g/mol. The normalized spacial score (nSPS) is 11.2. The average Bonchev–Trinajstić information content (AvgIpc) is 3.03. The van der Waals surface area contributed by atoms with E-state index in [1.165, 1.54) is 66.1 Å². The smallest absolute Gasteiger partial charge is 0.0390 e. The maximum atomic E-state index is 3.67. The van der Waals surface area contributed by atoms with Crippen LogP contribution in [0.3, 0.4) is 0 Å². The maximum Gasteiger partial charge on any atom is 0.0390 e. The minimum Gasteiger partial charge on any atom is -0.356 e. The molecule has 0 aliphatic carbocycles. The third kappa shape index (κ3) is 5.20. The molecule has 0 bridgehead atoms. The molecule has 7 aromatic carbocycles. The summed E-state index contributed by atoms with van der Waals surface area (Å²) >= 11 is 0. The van der Waals surface area contributed by atoms with Gasteiger partial charge in [0.1, 0.15) is 0 Å². The minimum atomic E-state index is 1.07. The van der Waals surface area contributed by atoms with Crippen LogP contribution in [0, 0.1) is 27.7 Å². The lowest BCUT2D eigenvalue weighted by Crippen LogP contribution is -1.97. The fraction of sp³-hybridized carbons (Fsp3) is 0.0952. The van der Waals surface area contributed by atoms with Crippen LogP contribution in [-0.4, -0.2) is 0 Å². The van der Waals surface area contributed by atoms with Crippen molar-refractivity contribution in [2.24, 2.45) is 0 Å². The van der Waals surface area contributed by atoms with Crippen LogP contribution < -0.4 is 10.6 Å². The van der Waals surface area contributed by atoms with Crippen LogP contribution in [0.25, 0.3) is 43.8 Å². The molecular formula is C42H36N2. The van der Waals surface area contributed by atoms with Crippen molar-refractivity contribution in [3.8, 4) is 22.3 Å². The Balaban J connectivity index is 1.53. The van der Waals surface area contributed by atoms with Crippen LogP contribution in [0.4, 0.5) is 22.7 Å². The van der Waals surface area contributed by atoms with E-state index in [-0.39, 0.29) is 0 Å². The number of aryl methyl sites for hydroxylation is 4. The van der Waals surface area contributed by atoms with Gasteiger partial charge >= 0.3 is 0 Å². The summed E-state index contributed by atoms with van der Waals surface area (Å²) in [5, 5.41) is 12.3. The highest BCUT2D eigenvalue weighted by atomic mass is 14.9. The molecule has 2 N–H and O–H groups in total. The Morgan fingerprint density at radius 1 is 0.341 bits per heavy atom. The van der Waals surface area contributed by atoms with Gasteiger partial charge in [0, 0.05) is 22.7 Å². The molecule has 0 aromatic heterocycles. The number of rotatable bonds is 6. The highest BCUT2D eigenvalue weighted by Crippen LogP contribution is 2.46. The molecule has 2 nitrogen and oxygen atoms in total. The first kappa shape index (κ1) is 27.5. The fourth-order valence-corrected chi connectivity index (χ4v) is 6.28. The van der Waals surface area contributed by atoms with E-state index in [0.29, 0.717) is 0 Å². The molecule has 0 aliphatic rings. The van der Waals surface area contributed by atoms with E-state index in [4.69, 9.17) is 0 Å². The van der Waals surface area contributed by atoms with E-state index in [0.717, 1.165) is 22.7 Å². The zero-order chi connectivity index (χ0) is 30.2. The van der Waals surface area contributed by atoms with E-state index >= 15 is 0 Å². The highest BCUT2D eigenvalue weighted by molar-refractivity contribution is 6.22. The zero-order valence-corrected chi connectivity index (χ0v) is 25.7. The number of benzene rings is 7. The quantitative estimate of drug-likeness (QED) is 0.195. The Kier molecular flexibility index (Phi) is 7.12. The van der Waals surface area contributed by atoms with Crippen LogP contribution >= 0.6 is 0 Å². The molecule has 0 unspecified atom stereocenters. The second-order valence-corrected chi connectivity index (χ2v) is 11.9. The van der Waals surface area contributed by atoms with Crippen LogP contribution in [-0.2, 0) is 0 Å². The first-order chi connectivity index (χ1) is 21.4. The summed E-state index contributed by atoms with van der Waals surface area (Å²) in [5.41, 5.74) is 14.4. The first-order valence-electron chi connectivity index (χ1n) is 15.3. The van der Waals surface area contributed by atoms with Gasteiger partial charge in [-0.05, 0) is 131 Å². The molecule has 0 spiro atoms. The summed E-state index contributed by atoms with van der Waals surface area (Å²) in [6, 6.07) is 48.3. The molecule has 0 amide bonds. The molecule has 2 heteroatoms. The number of hydrogen-bond acceptors (Lipinski definition) is 2. The summed E-state index contributed by atoms with van der Waals surface area (Å²) in [7, 11) is 0. The van der Waals surface area contributed by atoms with Crippen molar-refractivity contribution in [2.45, 2.75) is 27.7 Å². The number of nitrogens with one attached hydrogen (secondary N) is 2. The summed E-state index contributed by atoms with van der Waals surface area (Å²) < 4.78 is 0. The van der Waals surface area contributed by atoms with Gasteiger partial charge in [-0.25, -0.2) is 0 Å². The van der Waals surface area contributed by atoms with Crippen molar-refractivity contribution < 1.29 is 0 Å². The molecule has 0 atom stereocenters. The van der Waals surface area contributed by atoms with Crippen molar-refractivity contribution >= 4 is 44.3 Å². The Morgan fingerprint density at radius 3 is 1.09 bits per heavy atom. The average molecular weight is 569 g/mol. The standard InChI is InChI=1S/C42H36N2/c1-27-13-17-31(18-14-27)43-33-21-23-37-39(25-33)41(35-11-7-5-9-29(35)3)38-24-22-34(44-32-19-15-28(2)16-20-32)26-40(38)42(37)36-12-8-6-10-30(36)4/h5-26,43-44H,1-4H3. The SMILES string of the molecule is Cc1ccc(Nc2ccc3c(-c4ccccc4C)c4cc(Nc5ccc(C)cc5)ccc4c(-c4ccccc4C)c3c2)cc1. The first-order valence-corrected chi connectivity index (χ1v) is 15.3. The molecular weight excluding hydrogens is 532 g/mol. The van der Waals surface area contributed by atoms with Gasteiger partial charge in [0.2, 0.25) is 0 Å². The van der Waals surface area contributed by atoms with Crippen LogP contribution in [0.5, 0.6) is 0 Å². The van der Waals surface area contributed by atoms with Gasteiger partial charge in [0.25, 0.3) is 0 Å². The summed E-state index contributed by atoms with van der Waals surface area (Å²) in [6.45, 7) is 8.66. The second kappa shape index (κ2) is 11.4. The molecule has 214 valence electrons. The van der Waals surface area contributed by atoms with Crippen molar-refractivity contribution in [1.82, 2.24) is 0 Å². The topological polar surface area (TPSA) is 24.1 Å². The van der Waals surface area contributed by atoms with Crippen LogP contribution in [0.1, 0.15) is 22.3 Å². The predicted molar refractivity (Wildman–Crippen MR) is 191 cm³/mol. The highest BCUT2D eigenvalue weighted by Gasteiger charge is 2.19. The van der Waals surface area contributed by atoms with E-state index in [9.17, 15) is 0 Å². The van der Waals surface area contributed by atoms with Gasteiger partial charge in [-0.2, -0.15) is 0 Å². The van der Waals surface area contributed by atoms with Gasteiger partial charge in [-0.1, -0.05) is 96.1 Å². The van der Waals surface area contributed by atoms with Gasteiger partial charge in [-0.15, -0.1) is 0 Å². The molecule has 0 radical (unpaired) electrons. The van der Waals surface area contributed by atoms with Gasteiger partial charge < -0.3 is 10.6 Å². The van der Waals surface area contributed by atoms with E-state index in [1.807, 2.05) is 0 Å². The Labute approximate surface area is 260 Å². The molecule has 0 fully saturated rings. The lowest BCUT2D eigenvalue weighted by Gasteiger charge is -2.21. The molecule has 0 aliphatic heterocycles. The third-order valence-electron chi connectivity index (χ3n) is 8.63. The number of hydrogen-bond donors (Lipinski definition) is 2. The largest absolute Gasteiger partial charge is 0.356 e. The molecule has 0 heterocycles. The molecule has 0 saturated heterocycles. The summed E-state index contributed by atoms with van der Waals surface area (Å²) in [4.78, 5) is 0. The second-order valence-electron chi connectivity index (χ2n) is 11.9. The van der Waals surface area contributed by atoms with E-state index < -0.39 is 0 Å². The molecule has 7 aromatic rings. The summed E-state index contributed by atoms with van der Waals surface area (Å²) in [6.07, 6.45) is 0. The Hall–Kier alpha value is -5.34. The third-order valence-corrected chi connectivity index (χ3v) is 8.63. The predicted octanol–water partition coefficient (Wildman–Crippen LogP) is 12.0. The van der Waals surface area contributed by atoms with Gasteiger partial charge in [0.05, 0.1) is 0 Å². The fourth-order valence-electron chi connectivity index (χ4n) is 6.28. The van der Waals surface area contributed by atoms with Crippen molar-refractivity contribution in [2.75, 3.05) is 10.6 Å².